The van der Waals surface area contributed by atoms with Crippen molar-refractivity contribution in [3.05, 3.63) is 47.8 Å². The van der Waals surface area contributed by atoms with E-state index in [1.807, 2.05) is 7.05 Å². The quantitative estimate of drug-likeness (QED) is 0.870. The monoisotopic (exact) mass is 234 g/mol. The molecule has 0 bridgehead atoms. The van der Waals surface area contributed by atoms with Gasteiger partial charge >= 0.3 is 0 Å². The van der Waals surface area contributed by atoms with E-state index < -0.39 is 0 Å². The van der Waals surface area contributed by atoms with Gasteiger partial charge < -0.3 is 5.73 Å². The molecular formula is C12H15FN4. The lowest BCUT2D eigenvalue weighted by Crippen LogP contribution is -2.13. The first-order valence-electron chi connectivity index (χ1n) is 5.52. The Kier molecular flexibility index (Phi) is 3.49. The second-order valence-corrected chi connectivity index (χ2v) is 3.92. The maximum absolute atomic E-state index is 12.9. The molecule has 0 aliphatic heterocycles. The highest BCUT2D eigenvalue weighted by Gasteiger charge is 2.18. The highest BCUT2D eigenvalue weighted by molar-refractivity contribution is 5.26. The van der Waals surface area contributed by atoms with Crippen molar-refractivity contribution in [2.24, 2.45) is 12.8 Å². The Morgan fingerprint density at radius 2 is 2.06 bits per heavy atom. The Morgan fingerprint density at radius 3 is 2.59 bits per heavy atom. The van der Waals surface area contributed by atoms with Crippen LogP contribution in [0.5, 0.6) is 0 Å². The molecule has 90 valence electrons. The molecule has 2 aromatic rings. The van der Waals surface area contributed by atoms with E-state index in [-0.39, 0.29) is 11.7 Å². The summed E-state index contributed by atoms with van der Waals surface area (Å²) in [6, 6.07) is 6.44. The molecule has 2 rings (SSSR count). The van der Waals surface area contributed by atoms with Crippen LogP contribution in [0.15, 0.2) is 30.6 Å². The highest BCUT2D eigenvalue weighted by Crippen LogP contribution is 2.25. The predicted molar refractivity (Wildman–Crippen MR) is 62.9 cm³/mol. The summed E-state index contributed by atoms with van der Waals surface area (Å²) in [5.74, 6) is 0.674. The third-order valence-corrected chi connectivity index (χ3v) is 2.79. The van der Waals surface area contributed by atoms with Gasteiger partial charge in [-0.3, -0.25) is 4.68 Å². The minimum absolute atomic E-state index is 0.0631. The van der Waals surface area contributed by atoms with Crippen LogP contribution >= 0.6 is 0 Å². The average Bonchev–Trinajstić information content (AvgIpc) is 2.74. The molecule has 1 heterocycles. The molecule has 1 aromatic heterocycles. The van der Waals surface area contributed by atoms with Crippen LogP contribution in [0.4, 0.5) is 4.39 Å². The van der Waals surface area contributed by atoms with Gasteiger partial charge in [-0.1, -0.05) is 12.1 Å². The van der Waals surface area contributed by atoms with Crippen molar-refractivity contribution in [1.29, 1.82) is 0 Å². The lowest BCUT2D eigenvalue weighted by atomic mass is 9.95. The third-order valence-electron chi connectivity index (χ3n) is 2.79. The van der Waals surface area contributed by atoms with Crippen LogP contribution in [0.25, 0.3) is 0 Å². The summed E-state index contributed by atoms with van der Waals surface area (Å²) >= 11 is 0. The standard InChI is InChI=1S/C12H15FN4/c1-17-12(15-8-16-17)11(6-7-14)9-2-4-10(13)5-3-9/h2-5,8,11H,6-7,14H2,1H3. The van der Waals surface area contributed by atoms with Crippen LogP contribution in [0.2, 0.25) is 0 Å². The van der Waals surface area contributed by atoms with E-state index in [2.05, 4.69) is 10.1 Å². The van der Waals surface area contributed by atoms with Gasteiger partial charge in [-0.25, -0.2) is 9.37 Å². The minimum atomic E-state index is -0.238. The first kappa shape index (κ1) is 11.7. The van der Waals surface area contributed by atoms with Gasteiger partial charge in [0.15, 0.2) is 0 Å². The van der Waals surface area contributed by atoms with Gasteiger partial charge in [-0.15, -0.1) is 0 Å². The Bertz CT molecular complexity index is 478. The zero-order valence-corrected chi connectivity index (χ0v) is 9.68. The average molecular weight is 234 g/mol. The number of nitrogens with zero attached hydrogens (tertiary/aromatic N) is 3. The number of aryl methyl sites for hydroxylation is 1. The number of nitrogens with two attached hydrogens (primary N) is 1. The second-order valence-electron chi connectivity index (χ2n) is 3.92. The van der Waals surface area contributed by atoms with E-state index in [0.29, 0.717) is 6.54 Å². The SMILES string of the molecule is Cn1ncnc1C(CCN)c1ccc(F)cc1. The summed E-state index contributed by atoms with van der Waals surface area (Å²) in [5.41, 5.74) is 6.63. The molecule has 0 amide bonds. The van der Waals surface area contributed by atoms with E-state index in [1.165, 1.54) is 18.5 Å². The summed E-state index contributed by atoms with van der Waals surface area (Å²) in [5, 5.41) is 4.05. The summed E-state index contributed by atoms with van der Waals surface area (Å²) in [6.45, 7) is 0.550. The van der Waals surface area contributed by atoms with Crippen molar-refractivity contribution >= 4 is 0 Å². The maximum Gasteiger partial charge on any atom is 0.138 e. The molecule has 0 aliphatic carbocycles. The predicted octanol–water partition coefficient (Wildman–Crippen LogP) is 1.43. The Labute approximate surface area is 99.3 Å². The number of aromatic nitrogens is 3. The van der Waals surface area contributed by atoms with Crippen molar-refractivity contribution in [1.82, 2.24) is 14.8 Å². The van der Waals surface area contributed by atoms with Crippen LogP contribution in [-0.4, -0.2) is 21.3 Å². The molecule has 0 aliphatic rings. The van der Waals surface area contributed by atoms with Crippen molar-refractivity contribution in [3.63, 3.8) is 0 Å². The number of benzene rings is 1. The molecule has 4 nitrogen and oxygen atoms in total. The molecule has 0 saturated heterocycles. The van der Waals surface area contributed by atoms with Gasteiger partial charge in [0.25, 0.3) is 0 Å². The largest absolute Gasteiger partial charge is 0.330 e. The van der Waals surface area contributed by atoms with Crippen LogP contribution in [0, 0.1) is 5.82 Å². The van der Waals surface area contributed by atoms with Crippen LogP contribution in [-0.2, 0) is 7.05 Å². The molecule has 1 aromatic carbocycles. The molecule has 1 unspecified atom stereocenters. The van der Waals surface area contributed by atoms with E-state index in [0.717, 1.165) is 17.8 Å². The zero-order chi connectivity index (χ0) is 12.3. The molecular weight excluding hydrogens is 219 g/mol. The third kappa shape index (κ3) is 2.50. The van der Waals surface area contributed by atoms with Gasteiger partial charge in [0, 0.05) is 13.0 Å². The first-order chi connectivity index (χ1) is 8.22. The Balaban J connectivity index is 2.35. The second kappa shape index (κ2) is 5.05. The highest BCUT2D eigenvalue weighted by atomic mass is 19.1. The minimum Gasteiger partial charge on any atom is -0.330 e. The molecule has 0 saturated carbocycles. The van der Waals surface area contributed by atoms with Gasteiger partial charge in [-0.05, 0) is 30.7 Å². The fourth-order valence-electron chi connectivity index (χ4n) is 1.93. The van der Waals surface area contributed by atoms with Crippen LogP contribution in [0.1, 0.15) is 23.7 Å². The first-order valence-corrected chi connectivity index (χ1v) is 5.52. The summed E-state index contributed by atoms with van der Waals surface area (Å²) in [6.07, 6.45) is 2.28. The summed E-state index contributed by atoms with van der Waals surface area (Å²) in [7, 11) is 1.84. The topological polar surface area (TPSA) is 56.7 Å². The molecule has 1 atom stereocenters. The number of rotatable bonds is 4. The number of hydrogen-bond donors (Lipinski definition) is 1. The molecule has 17 heavy (non-hydrogen) atoms. The molecule has 0 fully saturated rings. The van der Waals surface area contributed by atoms with Crippen molar-refractivity contribution in [2.75, 3.05) is 6.54 Å². The van der Waals surface area contributed by atoms with Gasteiger partial charge in [0.2, 0.25) is 0 Å². The van der Waals surface area contributed by atoms with Crippen LogP contribution in [0.3, 0.4) is 0 Å². The summed E-state index contributed by atoms with van der Waals surface area (Å²) < 4.78 is 14.6. The number of halogens is 1. The fourth-order valence-corrected chi connectivity index (χ4v) is 1.93. The van der Waals surface area contributed by atoms with E-state index >= 15 is 0 Å². The van der Waals surface area contributed by atoms with Crippen LogP contribution < -0.4 is 5.73 Å². The van der Waals surface area contributed by atoms with E-state index in [4.69, 9.17) is 5.73 Å². The normalized spacial score (nSPS) is 12.6. The Hall–Kier alpha value is -1.75. The van der Waals surface area contributed by atoms with Gasteiger partial charge in [0.05, 0.1) is 0 Å². The lowest BCUT2D eigenvalue weighted by molar-refractivity contribution is 0.608. The summed E-state index contributed by atoms with van der Waals surface area (Å²) in [4.78, 5) is 4.24. The molecule has 2 N–H and O–H groups in total. The molecule has 0 radical (unpaired) electrons. The maximum atomic E-state index is 12.9. The smallest absolute Gasteiger partial charge is 0.138 e. The molecule has 5 heteroatoms. The fraction of sp³-hybridized carbons (Fsp3) is 0.333. The Morgan fingerprint density at radius 1 is 1.35 bits per heavy atom. The van der Waals surface area contributed by atoms with Gasteiger partial charge in [-0.2, -0.15) is 5.10 Å². The van der Waals surface area contributed by atoms with E-state index in [1.54, 1.807) is 16.8 Å². The van der Waals surface area contributed by atoms with Crippen molar-refractivity contribution in [2.45, 2.75) is 12.3 Å². The zero-order valence-electron chi connectivity index (χ0n) is 9.68. The number of hydrogen-bond acceptors (Lipinski definition) is 3. The van der Waals surface area contributed by atoms with Crippen molar-refractivity contribution in [3.8, 4) is 0 Å². The molecule has 0 spiro atoms. The lowest BCUT2D eigenvalue weighted by Gasteiger charge is -2.15. The van der Waals surface area contributed by atoms with E-state index in [9.17, 15) is 4.39 Å². The van der Waals surface area contributed by atoms with Crippen molar-refractivity contribution < 1.29 is 4.39 Å². The van der Waals surface area contributed by atoms with Gasteiger partial charge in [0.1, 0.15) is 18.0 Å².